The monoisotopic (exact) mass is 262 g/mol. The third-order valence-electron chi connectivity index (χ3n) is 3.39. The van der Waals surface area contributed by atoms with Crippen molar-refractivity contribution in [2.45, 2.75) is 59.0 Å². The lowest BCUT2D eigenvalue weighted by Crippen LogP contribution is -2.33. The van der Waals surface area contributed by atoms with Gasteiger partial charge in [-0.15, -0.1) is 0 Å². The number of hydrogen-bond acceptors (Lipinski definition) is 2. The summed E-state index contributed by atoms with van der Waals surface area (Å²) in [5.41, 5.74) is 9.49. The van der Waals surface area contributed by atoms with Crippen molar-refractivity contribution in [2.75, 3.05) is 0 Å². The molecule has 2 atom stereocenters. The number of benzene rings is 1. The van der Waals surface area contributed by atoms with Crippen molar-refractivity contribution < 1.29 is 4.79 Å². The average Bonchev–Trinajstić information content (AvgIpc) is 2.32. The van der Waals surface area contributed by atoms with Gasteiger partial charge in [0, 0.05) is 12.5 Å². The molecule has 0 aliphatic carbocycles. The molecule has 1 rings (SSSR count). The lowest BCUT2D eigenvalue weighted by Gasteiger charge is -2.18. The molecule has 1 aromatic carbocycles. The van der Waals surface area contributed by atoms with Crippen molar-refractivity contribution in [1.82, 2.24) is 5.32 Å². The quantitative estimate of drug-likeness (QED) is 0.828. The smallest absolute Gasteiger partial charge is 0.222 e. The van der Waals surface area contributed by atoms with E-state index in [1.54, 1.807) is 0 Å². The number of nitrogens with two attached hydrogens (primary N) is 1. The van der Waals surface area contributed by atoms with Crippen LogP contribution in [0.1, 0.15) is 55.8 Å². The van der Waals surface area contributed by atoms with Crippen LogP contribution in [0.4, 0.5) is 0 Å². The number of rotatable bonds is 6. The van der Waals surface area contributed by atoms with E-state index in [2.05, 4.69) is 44.3 Å². The van der Waals surface area contributed by atoms with Gasteiger partial charge in [0.15, 0.2) is 0 Å². The number of amides is 1. The van der Waals surface area contributed by atoms with Crippen LogP contribution >= 0.6 is 0 Å². The van der Waals surface area contributed by atoms with Crippen molar-refractivity contribution in [3.8, 4) is 0 Å². The first-order chi connectivity index (χ1) is 8.93. The van der Waals surface area contributed by atoms with Crippen molar-refractivity contribution in [3.05, 3.63) is 34.9 Å². The van der Waals surface area contributed by atoms with E-state index in [9.17, 15) is 4.79 Å². The van der Waals surface area contributed by atoms with Gasteiger partial charge in [0.25, 0.3) is 0 Å². The second-order valence-electron chi connectivity index (χ2n) is 5.40. The van der Waals surface area contributed by atoms with Gasteiger partial charge in [0.1, 0.15) is 0 Å². The van der Waals surface area contributed by atoms with Crippen LogP contribution in [0, 0.1) is 13.8 Å². The molecule has 0 saturated heterocycles. The van der Waals surface area contributed by atoms with Crippen molar-refractivity contribution in [1.29, 1.82) is 0 Å². The van der Waals surface area contributed by atoms with Crippen LogP contribution in [0.5, 0.6) is 0 Å². The summed E-state index contributed by atoms with van der Waals surface area (Å²) in [6.07, 6.45) is 2.31. The Morgan fingerprint density at radius 3 is 2.68 bits per heavy atom. The summed E-state index contributed by atoms with van der Waals surface area (Å²) >= 11 is 0. The van der Waals surface area contributed by atoms with E-state index in [0.29, 0.717) is 6.42 Å². The van der Waals surface area contributed by atoms with Gasteiger partial charge in [-0.3, -0.25) is 4.79 Å². The molecule has 1 aromatic rings. The summed E-state index contributed by atoms with van der Waals surface area (Å²) in [5.74, 6) is 0.0364. The molecule has 0 spiro atoms. The zero-order chi connectivity index (χ0) is 14.4. The largest absolute Gasteiger partial charge is 0.350 e. The van der Waals surface area contributed by atoms with E-state index in [0.717, 1.165) is 12.8 Å². The van der Waals surface area contributed by atoms with Crippen LogP contribution in [0.25, 0.3) is 0 Å². The molecule has 3 nitrogen and oxygen atoms in total. The Hall–Kier alpha value is -1.35. The molecule has 106 valence electrons. The van der Waals surface area contributed by atoms with Gasteiger partial charge in [-0.05, 0) is 38.3 Å². The predicted octanol–water partition coefficient (Wildman–Crippen LogP) is 3.00. The molecule has 0 aromatic heterocycles. The van der Waals surface area contributed by atoms with E-state index in [1.165, 1.54) is 16.7 Å². The maximum atomic E-state index is 11.9. The van der Waals surface area contributed by atoms with Gasteiger partial charge >= 0.3 is 0 Å². The average molecular weight is 262 g/mol. The summed E-state index contributed by atoms with van der Waals surface area (Å²) in [4.78, 5) is 11.9. The molecule has 0 aliphatic rings. The van der Waals surface area contributed by atoms with E-state index in [1.807, 2.05) is 6.92 Å². The minimum Gasteiger partial charge on any atom is -0.350 e. The molecule has 2 unspecified atom stereocenters. The molecule has 3 N–H and O–H groups in total. The van der Waals surface area contributed by atoms with Gasteiger partial charge in [-0.1, -0.05) is 37.1 Å². The summed E-state index contributed by atoms with van der Waals surface area (Å²) in [5, 5.41) is 3.03. The lowest BCUT2D eigenvalue weighted by molar-refractivity contribution is -0.122. The fraction of sp³-hybridized carbons (Fsp3) is 0.562. The Morgan fingerprint density at radius 2 is 2.05 bits per heavy atom. The minimum atomic E-state index is -0.0317. The Balaban J connectivity index is 2.61. The molecule has 0 saturated carbocycles. The number of carbonyl (C=O) groups excluding carboxylic acids is 1. The number of carbonyl (C=O) groups is 1. The van der Waals surface area contributed by atoms with Crippen LogP contribution in [-0.4, -0.2) is 11.9 Å². The van der Waals surface area contributed by atoms with E-state index in [-0.39, 0.29) is 18.0 Å². The number of aryl methyl sites for hydroxylation is 2. The zero-order valence-corrected chi connectivity index (χ0v) is 12.5. The Bertz CT molecular complexity index is 429. The molecule has 3 heteroatoms. The van der Waals surface area contributed by atoms with Crippen LogP contribution in [0.15, 0.2) is 18.2 Å². The highest BCUT2D eigenvalue weighted by Crippen LogP contribution is 2.19. The Labute approximate surface area is 116 Å². The SMILES string of the molecule is CCCC(N)CC(=O)NC(C)c1cc(C)ccc1C. The van der Waals surface area contributed by atoms with Gasteiger partial charge in [0.05, 0.1) is 6.04 Å². The molecule has 0 aliphatic heterocycles. The minimum absolute atomic E-state index is 0.0289. The Morgan fingerprint density at radius 1 is 1.37 bits per heavy atom. The zero-order valence-electron chi connectivity index (χ0n) is 12.5. The predicted molar refractivity (Wildman–Crippen MR) is 80.0 cm³/mol. The van der Waals surface area contributed by atoms with E-state index in [4.69, 9.17) is 5.73 Å². The molecule has 19 heavy (non-hydrogen) atoms. The molecule has 0 fully saturated rings. The van der Waals surface area contributed by atoms with Crippen molar-refractivity contribution in [3.63, 3.8) is 0 Å². The molecular formula is C16H26N2O. The van der Waals surface area contributed by atoms with Crippen LogP contribution in [-0.2, 0) is 4.79 Å². The van der Waals surface area contributed by atoms with Gasteiger partial charge in [-0.25, -0.2) is 0 Å². The third kappa shape index (κ3) is 5.03. The molecular weight excluding hydrogens is 236 g/mol. The lowest BCUT2D eigenvalue weighted by atomic mass is 9.99. The maximum absolute atomic E-state index is 11.9. The summed E-state index contributed by atoms with van der Waals surface area (Å²) in [7, 11) is 0. The van der Waals surface area contributed by atoms with Crippen LogP contribution in [0.2, 0.25) is 0 Å². The van der Waals surface area contributed by atoms with Crippen molar-refractivity contribution in [2.24, 2.45) is 5.73 Å². The number of hydrogen-bond donors (Lipinski definition) is 2. The van der Waals surface area contributed by atoms with Crippen molar-refractivity contribution >= 4 is 5.91 Å². The van der Waals surface area contributed by atoms with Gasteiger partial charge in [0.2, 0.25) is 5.91 Å². The highest BCUT2D eigenvalue weighted by molar-refractivity contribution is 5.77. The summed E-state index contributed by atoms with van der Waals surface area (Å²) in [6, 6.07) is 6.31. The van der Waals surface area contributed by atoms with Crippen LogP contribution < -0.4 is 11.1 Å². The van der Waals surface area contributed by atoms with E-state index >= 15 is 0 Å². The van der Waals surface area contributed by atoms with Gasteiger partial charge < -0.3 is 11.1 Å². The summed E-state index contributed by atoms with van der Waals surface area (Å²) in [6.45, 7) is 8.23. The highest BCUT2D eigenvalue weighted by atomic mass is 16.1. The first kappa shape index (κ1) is 15.7. The molecule has 0 bridgehead atoms. The second kappa shape index (κ2) is 7.29. The molecule has 1 amide bonds. The Kier molecular flexibility index (Phi) is 6.03. The first-order valence-electron chi connectivity index (χ1n) is 7.06. The fourth-order valence-corrected chi connectivity index (χ4v) is 2.32. The van der Waals surface area contributed by atoms with Crippen LogP contribution in [0.3, 0.4) is 0 Å². The molecule has 0 heterocycles. The first-order valence-corrected chi connectivity index (χ1v) is 7.06. The standard InChI is InChI=1S/C16H26N2O/c1-5-6-14(17)10-16(19)18-13(4)15-9-11(2)7-8-12(15)3/h7-9,13-14H,5-6,10,17H2,1-4H3,(H,18,19). The normalized spacial score (nSPS) is 13.9. The third-order valence-corrected chi connectivity index (χ3v) is 3.39. The highest BCUT2D eigenvalue weighted by Gasteiger charge is 2.14. The number of nitrogens with one attached hydrogen (secondary N) is 1. The second-order valence-corrected chi connectivity index (χ2v) is 5.40. The van der Waals surface area contributed by atoms with E-state index < -0.39 is 0 Å². The molecule has 0 radical (unpaired) electrons. The topological polar surface area (TPSA) is 55.1 Å². The summed E-state index contributed by atoms with van der Waals surface area (Å²) < 4.78 is 0. The van der Waals surface area contributed by atoms with Gasteiger partial charge in [-0.2, -0.15) is 0 Å². The fourth-order valence-electron chi connectivity index (χ4n) is 2.32. The maximum Gasteiger partial charge on any atom is 0.222 e.